The third-order valence-corrected chi connectivity index (χ3v) is 6.68. The van der Waals surface area contributed by atoms with Crippen molar-refractivity contribution in [3.8, 4) is 11.8 Å². The van der Waals surface area contributed by atoms with E-state index in [4.69, 9.17) is 21.6 Å². The molecule has 150 valence electrons. The SMILES string of the molecule is N#C[C@H]1C[C@H](n2ncc(C34CC(NC(=O)COc5ccc(Cl)c(F)c5)(C3)C4)n2)C1. The van der Waals surface area contributed by atoms with Crippen LogP contribution in [0.15, 0.2) is 24.4 Å². The molecule has 0 aliphatic heterocycles. The highest BCUT2D eigenvalue weighted by Gasteiger charge is 2.70. The van der Waals surface area contributed by atoms with Crippen molar-refractivity contribution in [2.75, 3.05) is 6.61 Å². The van der Waals surface area contributed by atoms with Gasteiger partial charge >= 0.3 is 0 Å². The molecule has 4 aliphatic rings. The number of benzene rings is 1. The lowest BCUT2D eigenvalue weighted by molar-refractivity contribution is -0.140. The second kappa shape index (κ2) is 6.42. The summed E-state index contributed by atoms with van der Waals surface area (Å²) in [6, 6.07) is 6.58. The molecule has 0 radical (unpaired) electrons. The van der Waals surface area contributed by atoms with Crippen molar-refractivity contribution < 1.29 is 13.9 Å². The summed E-state index contributed by atoms with van der Waals surface area (Å²) in [5, 5.41) is 21.0. The molecule has 1 N–H and O–H groups in total. The van der Waals surface area contributed by atoms with Gasteiger partial charge in [0.2, 0.25) is 0 Å². The smallest absolute Gasteiger partial charge is 0.258 e. The lowest BCUT2D eigenvalue weighted by atomic mass is 9.38. The molecule has 1 heterocycles. The summed E-state index contributed by atoms with van der Waals surface area (Å²) >= 11 is 5.64. The van der Waals surface area contributed by atoms with Crippen LogP contribution in [0.5, 0.6) is 5.75 Å². The number of carbonyl (C=O) groups excluding carboxylic acids is 1. The lowest BCUT2D eigenvalue weighted by Crippen LogP contribution is -2.77. The minimum atomic E-state index is -0.580. The molecule has 1 aromatic heterocycles. The molecule has 1 amide bonds. The number of aromatic nitrogens is 3. The Morgan fingerprint density at radius 3 is 2.86 bits per heavy atom. The number of nitrogens with zero attached hydrogens (tertiary/aromatic N) is 4. The van der Waals surface area contributed by atoms with Gasteiger partial charge in [-0.3, -0.25) is 4.79 Å². The molecule has 1 aromatic carbocycles. The summed E-state index contributed by atoms with van der Waals surface area (Å²) < 4.78 is 18.8. The quantitative estimate of drug-likeness (QED) is 0.783. The van der Waals surface area contributed by atoms with Gasteiger partial charge in [0.05, 0.1) is 34.9 Å². The largest absolute Gasteiger partial charge is 0.484 e. The van der Waals surface area contributed by atoms with Crippen molar-refractivity contribution in [2.24, 2.45) is 5.92 Å². The average Bonchev–Trinajstić information content (AvgIpc) is 3.06. The molecule has 0 saturated heterocycles. The van der Waals surface area contributed by atoms with Crippen molar-refractivity contribution in [1.29, 1.82) is 5.26 Å². The lowest BCUT2D eigenvalue weighted by Gasteiger charge is -2.69. The van der Waals surface area contributed by atoms with Gasteiger partial charge in [0.25, 0.3) is 5.91 Å². The predicted octanol–water partition coefficient (Wildman–Crippen LogP) is 2.91. The van der Waals surface area contributed by atoms with E-state index >= 15 is 0 Å². The van der Waals surface area contributed by atoms with Crippen LogP contribution in [0.25, 0.3) is 0 Å². The maximum Gasteiger partial charge on any atom is 0.258 e. The van der Waals surface area contributed by atoms with E-state index in [9.17, 15) is 9.18 Å². The number of hydrogen-bond donors (Lipinski definition) is 1. The topological polar surface area (TPSA) is 92.8 Å². The zero-order chi connectivity index (χ0) is 20.2. The Morgan fingerprint density at radius 2 is 2.17 bits per heavy atom. The van der Waals surface area contributed by atoms with Crippen LogP contribution in [0.3, 0.4) is 0 Å². The molecule has 9 heteroatoms. The van der Waals surface area contributed by atoms with E-state index in [1.165, 1.54) is 12.1 Å². The molecule has 0 atom stereocenters. The Labute approximate surface area is 171 Å². The Morgan fingerprint density at radius 1 is 1.41 bits per heavy atom. The molecule has 6 rings (SSSR count). The first-order valence-electron chi connectivity index (χ1n) is 9.61. The Bertz CT molecular complexity index is 1010. The molecule has 0 spiro atoms. The standard InChI is InChI=1S/C20H19ClFN5O2/c21-15-2-1-14(5-16(15)22)29-8-18(28)25-20-9-19(10-20,11-20)17-7-24-27(26-17)13-3-12(4-13)6-23/h1-2,5,7,12-13H,3-4,8-11H2,(H,25,28)/t12-,13-,19?,20?. The molecule has 29 heavy (non-hydrogen) atoms. The first kappa shape index (κ1) is 18.4. The Kier molecular flexibility index (Phi) is 4.07. The van der Waals surface area contributed by atoms with E-state index in [-0.39, 0.29) is 46.2 Å². The number of ether oxygens (including phenoxy) is 1. The van der Waals surface area contributed by atoms with Crippen LogP contribution < -0.4 is 10.1 Å². The number of nitrogens with one attached hydrogen (secondary N) is 1. The van der Waals surface area contributed by atoms with Gasteiger partial charge in [-0.2, -0.15) is 20.3 Å². The van der Waals surface area contributed by atoms with Crippen LogP contribution in [-0.4, -0.2) is 33.0 Å². The normalized spacial score (nSPS) is 31.6. The molecular formula is C20H19ClFN5O2. The first-order chi connectivity index (χ1) is 13.9. The van der Waals surface area contributed by atoms with Gasteiger partial charge in [0.15, 0.2) is 6.61 Å². The molecule has 4 saturated carbocycles. The number of amides is 1. The average molecular weight is 416 g/mol. The highest BCUT2D eigenvalue weighted by molar-refractivity contribution is 6.30. The van der Waals surface area contributed by atoms with Crippen molar-refractivity contribution in [1.82, 2.24) is 20.3 Å². The van der Waals surface area contributed by atoms with Gasteiger partial charge in [-0.1, -0.05) is 11.6 Å². The summed E-state index contributed by atoms with van der Waals surface area (Å²) in [7, 11) is 0. The third-order valence-electron chi connectivity index (χ3n) is 6.37. The fraction of sp³-hybridized carbons (Fsp3) is 0.500. The van der Waals surface area contributed by atoms with Crippen molar-refractivity contribution >= 4 is 17.5 Å². The van der Waals surface area contributed by atoms with Gasteiger partial charge in [-0.05, 0) is 44.2 Å². The van der Waals surface area contributed by atoms with Crippen LogP contribution in [0, 0.1) is 23.1 Å². The van der Waals surface area contributed by atoms with Crippen LogP contribution in [-0.2, 0) is 10.2 Å². The number of halogens is 2. The van der Waals surface area contributed by atoms with Gasteiger partial charge < -0.3 is 10.1 Å². The third kappa shape index (κ3) is 3.04. The fourth-order valence-corrected chi connectivity index (χ4v) is 4.93. The van der Waals surface area contributed by atoms with Crippen molar-refractivity contribution in [3.63, 3.8) is 0 Å². The van der Waals surface area contributed by atoms with Gasteiger partial charge in [-0.25, -0.2) is 4.39 Å². The molecule has 0 unspecified atom stereocenters. The second-order valence-corrected chi connectivity index (χ2v) is 8.91. The number of carbonyl (C=O) groups is 1. The monoisotopic (exact) mass is 415 g/mol. The molecule has 2 bridgehead atoms. The maximum absolute atomic E-state index is 13.4. The van der Waals surface area contributed by atoms with E-state index in [1.54, 1.807) is 4.80 Å². The van der Waals surface area contributed by atoms with E-state index in [0.717, 1.165) is 43.9 Å². The van der Waals surface area contributed by atoms with Crippen LogP contribution in [0.1, 0.15) is 43.8 Å². The number of rotatable bonds is 6. The molecular weight excluding hydrogens is 397 g/mol. The van der Waals surface area contributed by atoms with Crippen LogP contribution >= 0.6 is 11.6 Å². The highest BCUT2D eigenvalue weighted by Crippen LogP contribution is 2.67. The maximum atomic E-state index is 13.4. The van der Waals surface area contributed by atoms with E-state index in [2.05, 4.69) is 21.6 Å². The summed E-state index contributed by atoms with van der Waals surface area (Å²) in [6.07, 6.45) is 5.97. The number of hydrogen-bond acceptors (Lipinski definition) is 5. The molecule has 4 fully saturated rings. The predicted molar refractivity (Wildman–Crippen MR) is 101 cm³/mol. The second-order valence-electron chi connectivity index (χ2n) is 8.51. The van der Waals surface area contributed by atoms with E-state index in [1.807, 2.05) is 6.20 Å². The summed E-state index contributed by atoms with van der Waals surface area (Å²) in [5.74, 6) is -0.421. The summed E-state index contributed by atoms with van der Waals surface area (Å²) in [6.45, 7) is -0.173. The first-order valence-corrected chi connectivity index (χ1v) is 9.99. The van der Waals surface area contributed by atoms with Crippen molar-refractivity contribution in [3.05, 3.63) is 40.9 Å². The van der Waals surface area contributed by atoms with E-state index in [0.29, 0.717) is 0 Å². The Balaban J connectivity index is 1.12. The molecule has 4 aliphatic carbocycles. The van der Waals surface area contributed by atoms with Crippen molar-refractivity contribution in [2.45, 2.75) is 49.1 Å². The van der Waals surface area contributed by atoms with Gasteiger partial charge in [-0.15, -0.1) is 0 Å². The van der Waals surface area contributed by atoms with E-state index < -0.39 is 5.82 Å². The molecule has 2 aromatic rings. The summed E-state index contributed by atoms with van der Waals surface area (Å²) in [5.41, 5.74) is 0.781. The number of nitriles is 1. The zero-order valence-corrected chi connectivity index (χ0v) is 16.3. The minimum absolute atomic E-state index is 0.00404. The minimum Gasteiger partial charge on any atom is -0.484 e. The summed E-state index contributed by atoms with van der Waals surface area (Å²) in [4.78, 5) is 14.0. The van der Waals surface area contributed by atoms with Crippen LogP contribution in [0.2, 0.25) is 5.02 Å². The zero-order valence-electron chi connectivity index (χ0n) is 15.6. The van der Waals surface area contributed by atoms with Crippen LogP contribution in [0.4, 0.5) is 4.39 Å². The highest BCUT2D eigenvalue weighted by atomic mass is 35.5. The van der Waals surface area contributed by atoms with Gasteiger partial charge in [0, 0.05) is 17.0 Å². The Hall–Kier alpha value is -2.66. The van der Waals surface area contributed by atoms with Gasteiger partial charge in [0.1, 0.15) is 11.6 Å². The fourth-order valence-electron chi connectivity index (χ4n) is 4.82. The molecule has 7 nitrogen and oxygen atoms in total.